The van der Waals surface area contributed by atoms with E-state index in [9.17, 15) is 4.79 Å². The Kier molecular flexibility index (Phi) is 5.85. The molecule has 1 radical (unpaired) electrons. The van der Waals surface area contributed by atoms with Crippen LogP contribution >= 0.6 is 0 Å². The van der Waals surface area contributed by atoms with Crippen molar-refractivity contribution >= 4 is 5.91 Å². The standard InChI is InChI=1S/C11H12NO.C4H9NO/c13-11-8-10(6-7-12-11)9-4-2-1-3-5-9;1-3-6-4-2-5-1/h1-5,10H,6-8H2;5H,1-4H2. The zero-order chi connectivity index (χ0) is 13.3. The van der Waals surface area contributed by atoms with Gasteiger partial charge in [-0.1, -0.05) is 30.3 Å². The van der Waals surface area contributed by atoms with Crippen molar-refractivity contribution in [3.63, 3.8) is 0 Å². The average Bonchev–Trinajstić information content (AvgIpc) is 2.51. The largest absolute Gasteiger partial charge is 0.379 e. The maximum Gasteiger partial charge on any atom is 0.241 e. The number of benzene rings is 1. The minimum atomic E-state index is 0.0557. The second-order valence-electron chi connectivity index (χ2n) is 4.74. The van der Waals surface area contributed by atoms with Gasteiger partial charge in [0, 0.05) is 26.1 Å². The zero-order valence-electron chi connectivity index (χ0n) is 11.2. The third-order valence-corrected chi connectivity index (χ3v) is 3.30. The summed E-state index contributed by atoms with van der Waals surface area (Å²) >= 11 is 0. The average molecular weight is 261 g/mol. The summed E-state index contributed by atoms with van der Waals surface area (Å²) in [6, 6.07) is 10.2. The summed E-state index contributed by atoms with van der Waals surface area (Å²) in [4.78, 5) is 11.1. The smallest absolute Gasteiger partial charge is 0.241 e. The van der Waals surface area contributed by atoms with Gasteiger partial charge in [0.25, 0.3) is 0 Å². The molecule has 2 heterocycles. The normalized spacial score (nSPS) is 22.9. The molecule has 4 heteroatoms. The van der Waals surface area contributed by atoms with Crippen molar-refractivity contribution in [3.8, 4) is 0 Å². The summed E-state index contributed by atoms with van der Waals surface area (Å²) in [7, 11) is 0. The number of nitrogens with one attached hydrogen (secondary N) is 1. The van der Waals surface area contributed by atoms with Crippen LogP contribution in [0.1, 0.15) is 24.3 Å². The van der Waals surface area contributed by atoms with E-state index in [1.165, 1.54) is 5.56 Å². The van der Waals surface area contributed by atoms with Gasteiger partial charge in [-0.25, -0.2) is 0 Å². The van der Waals surface area contributed by atoms with Gasteiger partial charge in [-0.3, -0.25) is 10.1 Å². The number of piperidine rings is 1. The molecule has 1 N–H and O–H groups in total. The molecular formula is C15H21N2O2. The highest BCUT2D eigenvalue weighted by molar-refractivity contribution is 5.77. The van der Waals surface area contributed by atoms with Crippen LogP contribution < -0.4 is 10.6 Å². The predicted octanol–water partition coefficient (Wildman–Crippen LogP) is 1.30. The van der Waals surface area contributed by atoms with E-state index in [0.29, 0.717) is 18.9 Å². The summed E-state index contributed by atoms with van der Waals surface area (Å²) in [5.74, 6) is 0.450. The van der Waals surface area contributed by atoms with Crippen LogP contribution in [-0.4, -0.2) is 38.8 Å². The van der Waals surface area contributed by atoms with Crippen LogP contribution in [0.5, 0.6) is 0 Å². The van der Waals surface area contributed by atoms with E-state index in [1.54, 1.807) is 0 Å². The van der Waals surface area contributed by atoms with Crippen LogP contribution in [0.4, 0.5) is 0 Å². The number of amides is 1. The van der Waals surface area contributed by atoms with Crippen LogP contribution in [0.25, 0.3) is 0 Å². The number of hydrogen-bond donors (Lipinski definition) is 1. The summed E-state index contributed by atoms with van der Waals surface area (Å²) in [6.07, 6.45) is 1.60. The zero-order valence-corrected chi connectivity index (χ0v) is 11.2. The fourth-order valence-corrected chi connectivity index (χ4v) is 2.25. The molecule has 0 bridgehead atoms. The van der Waals surface area contributed by atoms with Gasteiger partial charge < -0.3 is 10.1 Å². The Bertz CT molecular complexity index is 365. The molecular weight excluding hydrogens is 240 g/mol. The van der Waals surface area contributed by atoms with Crippen molar-refractivity contribution in [1.82, 2.24) is 10.6 Å². The minimum absolute atomic E-state index is 0.0557. The second-order valence-corrected chi connectivity index (χ2v) is 4.74. The molecule has 0 spiro atoms. The van der Waals surface area contributed by atoms with Crippen LogP contribution in [0.3, 0.4) is 0 Å². The van der Waals surface area contributed by atoms with Gasteiger partial charge in [0.1, 0.15) is 0 Å². The molecule has 2 saturated heterocycles. The van der Waals surface area contributed by atoms with Crippen molar-refractivity contribution in [1.29, 1.82) is 0 Å². The molecule has 2 aliphatic rings. The fraction of sp³-hybridized carbons (Fsp3) is 0.533. The van der Waals surface area contributed by atoms with Gasteiger partial charge in [-0.15, -0.1) is 0 Å². The number of carbonyl (C=O) groups is 1. The van der Waals surface area contributed by atoms with Crippen LogP contribution in [0.15, 0.2) is 30.3 Å². The number of hydrogen-bond acceptors (Lipinski definition) is 3. The van der Waals surface area contributed by atoms with E-state index in [-0.39, 0.29) is 5.91 Å². The number of ether oxygens (including phenoxy) is 1. The Balaban J connectivity index is 0.000000186. The van der Waals surface area contributed by atoms with Crippen molar-refractivity contribution in [2.24, 2.45) is 0 Å². The van der Waals surface area contributed by atoms with E-state index in [2.05, 4.69) is 22.8 Å². The number of morpholine rings is 1. The van der Waals surface area contributed by atoms with E-state index in [4.69, 9.17) is 4.74 Å². The van der Waals surface area contributed by atoms with Gasteiger partial charge in [0.2, 0.25) is 5.91 Å². The van der Waals surface area contributed by atoms with Gasteiger partial charge in [-0.2, -0.15) is 0 Å². The first-order valence-electron chi connectivity index (χ1n) is 6.90. The van der Waals surface area contributed by atoms with Gasteiger partial charge in [-0.05, 0) is 17.9 Å². The molecule has 1 atom stereocenters. The molecule has 1 aromatic rings. The molecule has 2 fully saturated rings. The monoisotopic (exact) mass is 261 g/mol. The Morgan fingerprint density at radius 1 is 1.16 bits per heavy atom. The first-order valence-corrected chi connectivity index (χ1v) is 6.90. The van der Waals surface area contributed by atoms with E-state index >= 15 is 0 Å². The topological polar surface area (TPSA) is 52.4 Å². The Morgan fingerprint density at radius 2 is 1.89 bits per heavy atom. The highest BCUT2D eigenvalue weighted by Gasteiger charge is 2.21. The maximum atomic E-state index is 11.1. The van der Waals surface area contributed by atoms with Crippen molar-refractivity contribution in [2.75, 3.05) is 32.8 Å². The Labute approximate surface area is 114 Å². The number of carbonyl (C=O) groups excluding carboxylic acids is 1. The molecule has 0 saturated carbocycles. The Hall–Kier alpha value is -1.39. The first-order chi connectivity index (χ1) is 9.36. The maximum absolute atomic E-state index is 11.1. The molecule has 19 heavy (non-hydrogen) atoms. The van der Waals surface area contributed by atoms with Gasteiger partial charge >= 0.3 is 0 Å². The van der Waals surface area contributed by atoms with Crippen molar-refractivity contribution in [2.45, 2.75) is 18.8 Å². The lowest BCUT2D eigenvalue weighted by molar-refractivity contribution is -0.122. The van der Waals surface area contributed by atoms with E-state index < -0.39 is 0 Å². The molecule has 1 unspecified atom stereocenters. The summed E-state index contributed by atoms with van der Waals surface area (Å²) in [6.45, 7) is 4.53. The third-order valence-electron chi connectivity index (χ3n) is 3.30. The van der Waals surface area contributed by atoms with E-state index in [1.807, 2.05) is 18.2 Å². The Morgan fingerprint density at radius 3 is 2.42 bits per heavy atom. The van der Waals surface area contributed by atoms with Crippen molar-refractivity contribution in [3.05, 3.63) is 35.9 Å². The predicted molar refractivity (Wildman–Crippen MR) is 74.1 cm³/mol. The van der Waals surface area contributed by atoms with Crippen LogP contribution in [0.2, 0.25) is 0 Å². The lowest BCUT2D eigenvalue weighted by atomic mass is 9.90. The number of rotatable bonds is 1. The molecule has 103 valence electrons. The quantitative estimate of drug-likeness (QED) is 0.829. The van der Waals surface area contributed by atoms with Crippen LogP contribution in [-0.2, 0) is 9.53 Å². The fourth-order valence-electron chi connectivity index (χ4n) is 2.25. The third kappa shape index (κ3) is 5.01. The second kappa shape index (κ2) is 7.92. The SMILES string of the molecule is C1COCCN1.O=C1CC(c2ccccc2)CC[N]1. The lowest BCUT2D eigenvalue weighted by Crippen LogP contribution is -2.30. The highest BCUT2D eigenvalue weighted by atomic mass is 16.5. The van der Waals surface area contributed by atoms with Gasteiger partial charge in [0.15, 0.2) is 0 Å². The van der Waals surface area contributed by atoms with Gasteiger partial charge in [0.05, 0.1) is 13.2 Å². The molecule has 3 rings (SSSR count). The first kappa shape index (κ1) is 14.0. The molecule has 1 aromatic carbocycles. The minimum Gasteiger partial charge on any atom is -0.379 e. The molecule has 2 aliphatic heterocycles. The summed E-state index contributed by atoms with van der Waals surface area (Å²) in [5.41, 5.74) is 1.27. The van der Waals surface area contributed by atoms with E-state index in [0.717, 1.165) is 32.7 Å². The highest BCUT2D eigenvalue weighted by Crippen LogP contribution is 2.25. The summed E-state index contributed by atoms with van der Waals surface area (Å²) < 4.78 is 5.01. The lowest BCUT2D eigenvalue weighted by Gasteiger charge is -2.20. The summed E-state index contributed by atoms with van der Waals surface area (Å²) in [5, 5.41) is 7.03. The number of nitrogens with zero attached hydrogens (tertiary/aromatic N) is 1. The molecule has 0 aliphatic carbocycles. The van der Waals surface area contributed by atoms with Crippen LogP contribution in [0, 0.1) is 0 Å². The molecule has 4 nitrogen and oxygen atoms in total. The molecule has 0 aromatic heterocycles. The van der Waals surface area contributed by atoms with Crippen molar-refractivity contribution < 1.29 is 9.53 Å². The molecule has 1 amide bonds.